The van der Waals surface area contributed by atoms with Crippen molar-refractivity contribution in [1.29, 1.82) is 0 Å². The van der Waals surface area contributed by atoms with E-state index in [0.29, 0.717) is 12.8 Å². The van der Waals surface area contributed by atoms with Gasteiger partial charge in [0.1, 0.15) is 18.1 Å². The third-order valence-electron chi connectivity index (χ3n) is 9.43. The molecule has 0 aliphatic carbocycles. The van der Waals surface area contributed by atoms with Crippen LogP contribution in [-0.2, 0) is 38.4 Å². The van der Waals surface area contributed by atoms with Gasteiger partial charge in [-0.2, -0.15) is 0 Å². The fourth-order valence-electron chi connectivity index (χ4n) is 6.61. The standard InChI is InChI=1S/C41H43N5O4/c42-38(47)35(24-27-8-2-1-3-9-27)44-40(49)37(26-29-15-17-31-11-5-7-13-34(31)23-29)46-41(50)36(45-39(48)32-18-20-43-21-19-32)25-28-14-16-30-10-4-6-12-33(30)22-28/h1-17,22-23,32,35-37,43H,18-21,24-26H2,(H2,42,47)(H,44,49)(H,45,48)(H,46,50). The van der Waals surface area contributed by atoms with E-state index in [9.17, 15) is 19.2 Å². The van der Waals surface area contributed by atoms with Crippen molar-refractivity contribution in [3.05, 3.63) is 132 Å². The Morgan fingerprint density at radius 2 is 1.02 bits per heavy atom. The van der Waals surface area contributed by atoms with Gasteiger partial charge < -0.3 is 27.0 Å². The highest BCUT2D eigenvalue weighted by Crippen LogP contribution is 2.20. The third-order valence-corrected chi connectivity index (χ3v) is 9.43. The number of fused-ring (bicyclic) bond motifs is 2. The first-order valence-electron chi connectivity index (χ1n) is 17.2. The van der Waals surface area contributed by atoms with Crippen LogP contribution in [0.4, 0.5) is 0 Å². The van der Waals surface area contributed by atoms with Gasteiger partial charge in [0.25, 0.3) is 0 Å². The Morgan fingerprint density at radius 3 is 1.56 bits per heavy atom. The highest BCUT2D eigenvalue weighted by atomic mass is 16.2. The number of amides is 4. The molecule has 0 spiro atoms. The number of nitrogens with two attached hydrogens (primary N) is 1. The van der Waals surface area contributed by atoms with E-state index in [1.54, 1.807) is 0 Å². The second kappa shape index (κ2) is 16.2. The van der Waals surface area contributed by atoms with Crippen molar-refractivity contribution in [2.75, 3.05) is 13.1 Å². The summed E-state index contributed by atoms with van der Waals surface area (Å²) in [6.07, 6.45) is 1.95. The summed E-state index contributed by atoms with van der Waals surface area (Å²) in [6.45, 7) is 1.47. The molecule has 1 saturated heterocycles. The summed E-state index contributed by atoms with van der Waals surface area (Å²) in [5, 5.41) is 16.2. The van der Waals surface area contributed by atoms with E-state index in [2.05, 4.69) is 21.3 Å². The molecule has 9 heteroatoms. The molecule has 6 N–H and O–H groups in total. The molecule has 0 bridgehead atoms. The Labute approximate surface area is 292 Å². The lowest BCUT2D eigenvalue weighted by molar-refractivity contribution is -0.134. The SMILES string of the molecule is NC(=O)C(Cc1ccccc1)NC(=O)C(Cc1ccc2ccccc2c1)NC(=O)C(Cc1ccc2ccccc2c1)NC(=O)C1CCNCC1. The maximum atomic E-state index is 14.2. The summed E-state index contributed by atoms with van der Waals surface area (Å²) in [6, 6.07) is 34.0. The monoisotopic (exact) mass is 669 g/mol. The summed E-state index contributed by atoms with van der Waals surface area (Å²) in [7, 11) is 0. The lowest BCUT2D eigenvalue weighted by Gasteiger charge is -2.27. The van der Waals surface area contributed by atoms with Crippen molar-refractivity contribution in [1.82, 2.24) is 21.3 Å². The fraction of sp³-hybridized carbons (Fsp3) is 0.268. The number of hydrogen-bond acceptors (Lipinski definition) is 5. The number of hydrogen-bond donors (Lipinski definition) is 5. The van der Waals surface area contributed by atoms with Gasteiger partial charge in [-0.1, -0.05) is 115 Å². The Morgan fingerprint density at radius 1 is 0.560 bits per heavy atom. The minimum absolute atomic E-state index is 0.157. The van der Waals surface area contributed by atoms with Gasteiger partial charge in [-0.3, -0.25) is 19.2 Å². The van der Waals surface area contributed by atoms with Crippen LogP contribution in [0.3, 0.4) is 0 Å². The molecule has 6 rings (SSSR count). The summed E-state index contributed by atoms with van der Waals surface area (Å²) in [5.41, 5.74) is 8.29. The molecule has 50 heavy (non-hydrogen) atoms. The zero-order chi connectivity index (χ0) is 34.9. The summed E-state index contributed by atoms with van der Waals surface area (Å²) < 4.78 is 0. The number of nitrogens with one attached hydrogen (secondary N) is 4. The van der Waals surface area contributed by atoms with Gasteiger partial charge in [-0.05, 0) is 64.2 Å². The van der Waals surface area contributed by atoms with E-state index < -0.39 is 35.8 Å². The highest BCUT2D eigenvalue weighted by Gasteiger charge is 2.31. The minimum atomic E-state index is -1.06. The predicted octanol–water partition coefficient (Wildman–Crippen LogP) is 3.96. The zero-order valence-electron chi connectivity index (χ0n) is 27.9. The molecule has 9 nitrogen and oxygen atoms in total. The smallest absolute Gasteiger partial charge is 0.243 e. The van der Waals surface area contributed by atoms with Gasteiger partial charge >= 0.3 is 0 Å². The van der Waals surface area contributed by atoms with Crippen molar-refractivity contribution < 1.29 is 19.2 Å². The molecular formula is C41H43N5O4. The van der Waals surface area contributed by atoms with Crippen LogP contribution < -0.4 is 27.0 Å². The average molecular weight is 670 g/mol. The largest absolute Gasteiger partial charge is 0.368 e. The number of piperidine rings is 1. The van der Waals surface area contributed by atoms with E-state index in [4.69, 9.17) is 5.73 Å². The van der Waals surface area contributed by atoms with Crippen LogP contribution in [0.15, 0.2) is 115 Å². The fourth-order valence-corrected chi connectivity index (χ4v) is 6.61. The summed E-state index contributed by atoms with van der Waals surface area (Å²) in [4.78, 5) is 54.3. The zero-order valence-corrected chi connectivity index (χ0v) is 27.9. The number of carbonyl (C=O) groups excluding carboxylic acids is 4. The molecule has 4 amide bonds. The third kappa shape index (κ3) is 8.92. The van der Waals surface area contributed by atoms with Crippen LogP contribution in [0, 0.1) is 5.92 Å². The van der Waals surface area contributed by atoms with Crippen LogP contribution in [0.1, 0.15) is 29.5 Å². The van der Waals surface area contributed by atoms with E-state index in [0.717, 1.165) is 51.3 Å². The van der Waals surface area contributed by atoms with Crippen molar-refractivity contribution in [2.24, 2.45) is 11.7 Å². The molecule has 256 valence electrons. The molecule has 1 aliphatic heterocycles. The minimum Gasteiger partial charge on any atom is -0.368 e. The normalized spacial score (nSPS) is 15.1. The first kappa shape index (κ1) is 34.3. The number of primary amides is 1. The number of rotatable bonds is 13. The van der Waals surface area contributed by atoms with Crippen molar-refractivity contribution in [2.45, 2.75) is 50.2 Å². The average Bonchev–Trinajstić information content (AvgIpc) is 3.14. The van der Waals surface area contributed by atoms with E-state index in [1.807, 2.05) is 115 Å². The van der Waals surface area contributed by atoms with Crippen LogP contribution >= 0.6 is 0 Å². The molecule has 0 aromatic heterocycles. The van der Waals surface area contributed by atoms with Gasteiger partial charge in [0.2, 0.25) is 23.6 Å². The quantitative estimate of drug-likeness (QED) is 0.129. The van der Waals surface area contributed by atoms with Gasteiger partial charge in [0.05, 0.1) is 0 Å². The number of carbonyl (C=O) groups is 4. The van der Waals surface area contributed by atoms with Crippen molar-refractivity contribution >= 4 is 45.2 Å². The topological polar surface area (TPSA) is 142 Å². The van der Waals surface area contributed by atoms with Crippen molar-refractivity contribution in [3.8, 4) is 0 Å². The molecule has 1 heterocycles. The lowest BCUT2D eigenvalue weighted by atomic mass is 9.95. The first-order valence-corrected chi connectivity index (χ1v) is 17.2. The Balaban J connectivity index is 1.27. The maximum absolute atomic E-state index is 14.2. The predicted molar refractivity (Wildman–Crippen MR) is 196 cm³/mol. The van der Waals surface area contributed by atoms with Gasteiger partial charge in [0.15, 0.2) is 0 Å². The Kier molecular flexibility index (Phi) is 11.1. The lowest BCUT2D eigenvalue weighted by Crippen LogP contribution is -2.58. The van der Waals surface area contributed by atoms with E-state index in [-0.39, 0.29) is 31.1 Å². The summed E-state index contributed by atoms with van der Waals surface area (Å²) >= 11 is 0. The molecule has 5 aromatic carbocycles. The molecule has 1 fully saturated rings. The molecule has 5 aromatic rings. The Bertz CT molecular complexity index is 1970. The molecule has 3 atom stereocenters. The van der Waals surface area contributed by atoms with Crippen LogP contribution in [0.25, 0.3) is 21.5 Å². The first-order chi connectivity index (χ1) is 24.3. The van der Waals surface area contributed by atoms with Gasteiger partial charge in [0, 0.05) is 25.2 Å². The van der Waals surface area contributed by atoms with Crippen LogP contribution in [0.2, 0.25) is 0 Å². The van der Waals surface area contributed by atoms with E-state index >= 15 is 0 Å². The van der Waals surface area contributed by atoms with Gasteiger partial charge in [-0.15, -0.1) is 0 Å². The number of benzene rings is 5. The van der Waals surface area contributed by atoms with Gasteiger partial charge in [-0.25, -0.2) is 0 Å². The summed E-state index contributed by atoms with van der Waals surface area (Å²) in [5.74, 6) is -2.10. The molecule has 1 aliphatic rings. The second-order valence-corrected chi connectivity index (χ2v) is 13.1. The molecule has 0 radical (unpaired) electrons. The molecule has 0 saturated carbocycles. The van der Waals surface area contributed by atoms with E-state index in [1.165, 1.54) is 0 Å². The highest BCUT2D eigenvalue weighted by molar-refractivity contribution is 5.95. The van der Waals surface area contributed by atoms with Crippen LogP contribution in [-0.4, -0.2) is 54.8 Å². The van der Waals surface area contributed by atoms with Crippen molar-refractivity contribution in [3.63, 3.8) is 0 Å². The van der Waals surface area contributed by atoms with Crippen LogP contribution in [0.5, 0.6) is 0 Å². The molecular weight excluding hydrogens is 626 g/mol. The second-order valence-electron chi connectivity index (χ2n) is 13.1. The Hall–Kier alpha value is -5.54. The molecule has 3 unspecified atom stereocenters. The maximum Gasteiger partial charge on any atom is 0.243 e.